The van der Waals surface area contributed by atoms with Crippen LogP contribution in [0.1, 0.15) is 15.9 Å². The molecular weight excluding hydrogens is 330 g/mol. The molecule has 25 heavy (non-hydrogen) atoms. The molecule has 2 aromatic heterocycles. The molecule has 0 atom stereocenters. The van der Waals surface area contributed by atoms with Crippen molar-refractivity contribution < 1.29 is 19.2 Å². The smallest absolute Gasteiger partial charge is 0.433 e. The zero-order valence-corrected chi connectivity index (χ0v) is 12.5. The highest BCUT2D eigenvalue weighted by molar-refractivity contribution is 5.95. The number of aromatic nitrogens is 2. The molecule has 3 N–H and O–H groups in total. The lowest BCUT2D eigenvalue weighted by Crippen LogP contribution is -2.17. The van der Waals surface area contributed by atoms with Crippen LogP contribution >= 0.6 is 0 Å². The Morgan fingerprint density at radius 1 is 1.32 bits per heavy atom. The SMILES string of the molecule is O=C(N/N=C/c1c[nH]nc1-c1ccc([N+](=O)[O-])o1)c1ccc(O)cc1. The lowest BCUT2D eigenvalue weighted by Gasteiger charge is -1.99. The van der Waals surface area contributed by atoms with Crippen molar-refractivity contribution in [3.05, 3.63) is 63.8 Å². The number of furan rings is 1. The van der Waals surface area contributed by atoms with Crippen LogP contribution in [0, 0.1) is 10.1 Å². The van der Waals surface area contributed by atoms with Gasteiger partial charge in [-0.1, -0.05) is 0 Å². The second-order valence-electron chi connectivity index (χ2n) is 4.83. The van der Waals surface area contributed by atoms with Gasteiger partial charge >= 0.3 is 5.88 Å². The maximum atomic E-state index is 11.9. The maximum Gasteiger partial charge on any atom is 0.433 e. The summed E-state index contributed by atoms with van der Waals surface area (Å²) in [6.45, 7) is 0. The Kier molecular flexibility index (Phi) is 4.24. The van der Waals surface area contributed by atoms with E-state index in [2.05, 4.69) is 20.7 Å². The summed E-state index contributed by atoms with van der Waals surface area (Å²) in [4.78, 5) is 21.9. The average molecular weight is 341 g/mol. The van der Waals surface area contributed by atoms with Crippen molar-refractivity contribution in [2.45, 2.75) is 0 Å². The number of H-pyrrole nitrogens is 1. The highest BCUT2D eigenvalue weighted by atomic mass is 16.6. The van der Waals surface area contributed by atoms with Crippen molar-refractivity contribution in [2.24, 2.45) is 5.10 Å². The monoisotopic (exact) mass is 341 g/mol. The third kappa shape index (κ3) is 3.52. The summed E-state index contributed by atoms with van der Waals surface area (Å²) < 4.78 is 5.08. The van der Waals surface area contributed by atoms with E-state index in [0.29, 0.717) is 16.8 Å². The van der Waals surface area contributed by atoms with Gasteiger partial charge < -0.3 is 9.52 Å². The molecule has 2 heterocycles. The normalized spacial score (nSPS) is 10.9. The van der Waals surface area contributed by atoms with Crippen molar-refractivity contribution in [3.8, 4) is 17.2 Å². The number of aromatic amines is 1. The highest BCUT2D eigenvalue weighted by Crippen LogP contribution is 2.26. The lowest BCUT2D eigenvalue weighted by atomic mass is 10.2. The van der Waals surface area contributed by atoms with Crippen molar-refractivity contribution >= 4 is 18.0 Å². The van der Waals surface area contributed by atoms with E-state index in [4.69, 9.17) is 4.42 Å². The minimum atomic E-state index is -0.651. The van der Waals surface area contributed by atoms with Gasteiger partial charge in [0.1, 0.15) is 16.4 Å². The number of carbonyl (C=O) groups excluding carboxylic acids is 1. The van der Waals surface area contributed by atoms with Crippen LogP contribution in [0.25, 0.3) is 11.5 Å². The molecule has 10 nitrogen and oxygen atoms in total. The lowest BCUT2D eigenvalue weighted by molar-refractivity contribution is -0.401. The van der Waals surface area contributed by atoms with Gasteiger partial charge in [0.2, 0.25) is 0 Å². The molecule has 0 bridgehead atoms. The minimum absolute atomic E-state index is 0.0515. The number of benzene rings is 1. The number of nitro groups is 1. The zero-order chi connectivity index (χ0) is 17.8. The number of phenolic OH excluding ortho intramolecular Hbond substituents is 1. The number of hydrazone groups is 1. The van der Waals surface area contributed by atoms with E-state index >= 15 is 0 Å². The maximum absolute atomic E-state index is 11.9. The Hall–Kier alpha value is -3.95. The number of rotatable bonds is 5. The molecule has 0 aliphatic heterocycles. The van der Waals surface area contributed by atoms with Crippen LogP contribution in [-0.4, -0.2) is 32.3 Å². The molecule has 0 fully saturated rings. The van der Waals surface area contributed by atoms with Gasteiger partial charge in [0.15, 0.2) is 5.76 Å². The van der Waals surface area contributed by atoms with E-state index in [1.807, 2.05) is 0 Å². The summed E-state index contributed by atoms with van der Waals surface area (Å²) in [6.07, 6.45) is 2.82. The summed E-state index contributed by atoms with van der Waals surface area (Å²) >= 11 is 0. The molecule has 10 heteroatoms. The summed E-state index contributed by atoms with van der Waals surface area (Å²) in [6, 6.07) is 8.31. The number of aromatic hydroxyl groups is 1. The molecule has 0 aliphatic rings. The molecule has 0 unspecified atom stereocenters. The van der Waals surface area contributed by atoms with Gasteiger partial charge in [-0.2, -0.15) is 10.2 Å². The molecule has 126 valence electrons. The van der Waals surface area contributed by atoms with Crippen LogP contribution in [-0.2, 0) is 0 Å². The Balaban J connectivity index is 1.72. The molecule has 3 aromatic rings. The molecule has 1 amide bonds. The number of nitrogens with zero attached hydrogens (tertiary/aromatic N) is 3. The van der Waals surface area contributed by atoms with Gasteiger partial charge in [-0.3, -0.25) is 20.0 Å². The van der Waals surface area contributed by atoms with Crippen molar-refractivity contribution in [2.75, 3.05) is 0 Å². The van der Waals surface area contributed by atoms with E-state index in [-0.39, 0.29) is 11.5 Å². The van der Waals surface area contributed by atoms with E-state index in [1.165, 1.54) is 48.8 Å². The third-order valence-electron chi connectivity index (χ3n) is 3.17. The summed E-state index contributed by atoms with van der Waals surface area (Å²) in [5.41, 5.74) is 3.43. The first-order chi connectivity index (χ1) is 12.0. The van der Waals surface area contributed by atoms with Crippen LogP contribution in [0.3, 0.4) is 0 Å². The van der Waals surface area contributed by atoms with Crippen LogP contribution in [0.5, 0.6) is 5.75 Å². The molecular formula is C15H11N5O5. The van der Waals surface area contributed by atoms with E-state index in [1.54, 1.807) is 0 Å². The van der Waals surface area contributed by atoms with Crippen LogP contribution in [0.2, 0.25) is 0 Å². The summed E-state index contributed by atoms with van der Waals surface area (Å²) in [7, 11) is 0. The zero-order valence-electron chi connectivity index (χ0n) is 12.5. The van der Waals surface area contributed by atoms with Gasteiger partial charge in [-0.25, -0.2) is 5.43 Å². The van der Waals surface area contributed by atoms with Gasteiger partial charge in [-0.15, -0.1) is 0 Å². The highest BCUT2D eigenvalue weighted by Gasteiger charge is 2.17. The molecule has 0 radical (unpaired) electrons. The first kappa shape index (κ1) is 15.9. The molecule has 0 aliphatic carbocycles. The molecule has 3 rings (SSSR count). The summed E-state index contributed by atoms with van der Waals surface area (Å²) in [5.74, 6) is -0.619. The third-order valence-corrected chi connectivity index (χ3v) is 3.17. The van der Waals surface area contributed by atoms with Crippen LogP contribution in [0.4, 0.5) is 5.88 Å². The van der Waals surface area contributed by atoms with E-state index < -0.39 is 16.7 Å². The Morgan fingerprint density at radius 2 is 2.08 bits per heavy atom. The van der Waals surface area contributed by atoms with Gasteiger partial charge in [-0.05, 0) is 30.3 Å². The fourth-order valence-corrected chi connectivity index (χ4v) is 1.99. The number of carbonyl (C=O) groups is 1. The van der Waals surface area contributed by atoms with Crippen molar-refractivity contribution in [1.82, 2.24) is 15.6 Å². The predicted molar refractivity (Wildman–Crippen MR) is 86.1 cm³/mol. The molecule has 0 saturated carbocycles. The molecule has 1 aromatic carbocycles. The topological polar surface area (TPSA) is 147 Å². The Bertz CT molecular complexity index is 941. The second kappa shape index (κ2) is 6.66. The van der Waals surface area contributed by atoms with Gasteiger partial charge in [0, 0.05) is 17.3 Å². The number of phenols is 1. The average Bonchev–Trinajstić information content (AvgIpc) is 3.24. The quantitative estimate of drug-likeness (QED) is 0.367. The van der Waals surface area contributed by atoms with E-state index in [0.717, 1.165) is 0 Å². The minimum Gasteiger partial charge on any atom is -0.508 e. The standard InChI is InChI=1S/C15H11N5O5/c21-11-3-1-9(2-4-11)15(22)19-17-8-10-7-16-18-14(10)12-5-6-13(25-12)20(23)24/h1-8,21H,(H,16,18)(H,19,22)/b17-8+. The number of nitrogens with one attached hydrogen (secondary N) is 2. The second-order valence-corrected chi connectivity index (χ2v) is 4.83. The predicted octanol–water partition coefficient (Wildman–Crippen LogP) is 2.05. The Morgan fingerprint density at radius 3 is 2.76 bits per heavy atom. The first-order valence-electron chi connectivity index (χ1n) is 6.95. The van der Waals surface area contributed by atoms with Gasteiger partial charge in [0.05, 0.1) is 12.3 Å². The fourth-order valence-electron chi connectivity index (χ4n) is 1.99. The van der Waals surface area contributed by atoms with Crippen molar-refractivity contribution in [1.29, 1.82) is 0 Å². The largest absolute Gasteiger partial charge is 0.508 e. The van der Waals surface area contributed by atoms with Gasteiger partial charge in [0.25, 0.3) is 5.91 Å². The van der Waals surface area contributed by atoms with Crippen LogP contribution in [0.15, 0.2) is 52.1 Å². The fraction of sp³-hybridized carbons (Fsp3) is 0. The molecule has 0 saturated heterocycles. The number of amides is 1. The van der Waals surface area contributed by atoms with Crippen molar-refractivity contribution in [3.63, 3.8) is 0 Å². The molecule has 0 spiro atoms. The van der Waals surface area contributed by atoms with E-state index in [9.17, 15) is 20.0 Å². The Labute approximate surface area is 139 Å². The number of hydrogen-bond acceptors (Lipinski definition) is 7. The number of hydrogen-bond donors (Lipinski definition) is 3. The van der Waals surface area contributed by atoms with Crippen LogP contribution < -0.4 is 5.43 Å². The summed E-state index contributed by atoms with van der Waals surface area (Å²) in [5, 5.41) is 30.2. The first-order valence-corrected chi connectivity index (χ1v) is 6.95.